The van der Waals surface area contributed by atoms with E-state index in [2.05, 4.69) is 0 Å². The summed E-state index contributed by atoms with van der Waals surface area (Å²) in [5, 5.41) is 18.8. The van der Waals surface area contributed by atoms with Gasteiger partial charge in [-0.15, -0.1) is 22.1 Å². The molecule has 236 valence electrons. The van der Waals surface area contributed by atoms with Crippen LogP contribution in [-0.4, -0.2) is 37.4 Å². The van der Waals surface area contributed by atoms with Gasteiger partial charge in [-0.05, 0) is 82.2 Å². The Kier molecular flexibility index (Phi) is 10.5. The first-order valence-corrected chi connectivity index (χ1v) is 15.6. The zero-order valence-corrected chi connectivity index (χ0v) is 28.9. The standard InChI is InChI=1S/C34H38N4O4S2.Fe/c1-15-21(7-9-31(39)40)27-14-28-22(8-10-32(41)42)16(2)24(36-28)12-29-34(20(6)44)18(4)26(38-29)13-30-33(19(5)43)17(3)25(37-30)11-23(15)35-27;/h11-14,19-20H,7-10H2,1-6H3,(H6,35,36,37,38,39,40,41,42,43,44);/q;+2/p-2/t19-,20-;/m0./s1. The quantitative estimate of drug-likeness (QED) is 0.145. The molecule has 2 aliphatic heterocycles. The van der Waals surface area contributed by atoms with Gasteiger partial charge in [-0.3, -0.25) is 9.59 Å². The third-order valence-electron chi connectivity index (χ3n) is 8.49. The molecule has 0 fully saturated rings. The van der Waals surface area contributed by atoms with Crippen LogP contribution in [0.3, 0.4) is 0 Å². The van der Waals surface area contributed by atoms with Crippen LogP contribution in [-0.2, 0) is 33.1 Å². The molecule has 2 atom stereocenters. The maximum Gasteiger partial charge on any atom is 2.00 e. The monoisotopic (exact) mass is 684 g/mol. The summed E-state index contributed by atoms with van der Waals surface area (Å²) in [5.74, 6) is -1.79. The molecular weight excluding hydrogens is 648 g/mol. The molecule has 0 spiro atoms. The van der Waals surface area contributed by atoms with Crippen molar-refractivity contribution in [3.63, 3.8) is 0 Å². The molecule has 2 aliphatic rings. The molecule has 0 aliphatic carbocycles. The van der Waals surface area contributed by atoms with Gasteiger partial charge < -0.3 is 20.2 Å². The summed E-state index contributed by atoms with van der Waals surface area (Å²) >= 11 is 9.58. The van der Waals surface area contributed by atoms with Crippen LogP contribution >= 0.6 is 25.3 Å². The molecule has 2 N–H and O–H groups in total. The summed E-state index contributed by atoms with van der Waals surface area (Å²) in [6, 6.07) is 7.75. The zero-order chi connectivity index (χ0) is 32.0. The molecule has 0 amide bonds. The first-order chi connectivity index (χ1) is 20.8. The van der Waals surface area contributed by atoms with Crippen LogP contribution in [0.2, 0.25) is 0 Å². The number of hydrogen-bond donors (Lipinski definition) is 4. The molecule has 0 saturated carbocycles. The van der Waals surface area contributed by atoms with Crippen molar-refractivity contribution in [2.45, 2.75) is 77.7 Å². The number of rotatable bonds is 8. The van der Waals surface area contributed by atoms with Gasteiger partial charge in [0.1, 0.15) is 0 Å². The predicted molar refractivity (Wildman–Crippen MR) is 182 cm³/mol. The number of aliphatic carboxylic acids is 2. The number of fused-ring (bicyclic) bond motifs is 8. The second-order valence-electron chi connectivity index (χ2n) is 11.5. The van der Waals surface area contributed by atoms with Gasteiger partial charge in [-0.1, -0.05) is 41.0 Å². The molecule has 3 aromatic heterocycles. The van der Waals surface area contributed by atoms with Gasteiger partial charge in [0.05, 0.1) is 22.8 Å². The van der Waals surface area contributed by atoms with Crippen LogP contribution in [0.4, 0.5) is 0 Å². The van der Waals surface area contributed by atoms with Crippen LogP contribution < -0.4 is 9.97 Å². The average Bonchev–Trinajstić information content (AvgIpc) is 3.59. The summed E-state index contributed by atoms with van der Waals surface area (Å²) in [4.78, 5) is 43.1. The summed E-state index contributed by atoms with van der Waals surface area (Å²) < 4.78 is 0. The fraction of sp³-hybridized carbons (Fsp3) is 0.353. The Morgan fingerprint density at radius 3 is 1.84 bits per heavy atom. The molecule has 0 unspecified atom stereocenters. The van der Waals surface area contributed by atoms with E-state index in [1.165, 1.54) is 0 Å². The van der Waals surface area contributed by atoms with Gasteiger partial charge in [0, 0.05) is 23.3 Å². The molecule has 0 radical (unpaired) electrons. The smallest absolute Gasteiger partial charge is 0.657 e. The van der Waals surface area contributed by atoms with Gasteiger partial charge in [-0.25, -0.2) is 9.97 Å². The van der Waals surface area contributed by atoms with Crippen molar-refractivity contribution in [3.05, 3.63) is 69.3 Å². The molecule has 11 heteroatoms. The Hall–Kier alpha value is -3.24. The zero-order valence-electron chi connectivity index (χ0n) is 26.0. The predicted octanol–water partition coefficient (Wildman–Crippen LogP) is 7.24. The van der Waals surface area contributed by atoms with Crippen LogP contribution in [0.25, 0.3) is 44.4 Å². The minimum absolute atomic E-state index is 0. The number of carboxylic acids is 2. The van der Waals surface area contributed by atoms with E-state index in [1.54, 1.807) is 0 Å². The third-order valence-corrected chi connectivity index (χ3v) is 9.01. The summed E-state index contributed by atoms with van der Waals surface area (Å²) in [7, 11) is 0. The first kappa shape index (κ1) is 34.6. The van der Waals surface area contributed by atoms with E-state index in [0.29, 0.717) is 35.3 Å². The number of thiol groups is 2. The third kappa shape index (κ3) is 6.82. The van der Waals surface area contributed by atoms with Gasteiger partial charge in [0.25, 0.3) is 0 Å². The fourth-order valence-electron chi connectivity index (χ4n) is 6.15. The van der Waals surface area contributed by atoms with Crippen LogP contribution in [0.5, 0.6) is 0 Å². The maximum atomic E-state index is 11.6. The van der Waals surface area contributed by atoms with Crippen LogP contribution in [0, 0.1) is 13.8 Å². The molecule has 0 aromatic carbocycles. The molecule has 5 rings (SSSR count). The summed E-state index contributed by atoms with van der Waals surface area (Å²) in [6.07, 6.45) is 0.495. The molecule has 5 heterocycles. The van der Waals surface area contributed by atoms with E-state index < -0.39 is 11.9 Å². The maximum absolute atomic E-state index is 11.6. The SMILES string of the molecule is CC1=C(CCC(=O)O)c2cc3[n-]c(cc4nc(cc5[n-]c(cc1n2)c([C@H](C)S)c5C)C([C@H](C)S)=C4C)c(C)c3CCC(=O)O.[Fe+2]. The molecule has 8 nitrogen and oxygen atoms in total. The Labute approximate surface area is 284 Å². The van der Waals surface area contributed by atoms with E-state index in [1.807, 2.05) is 65.8 Å². The first-order valence-electron chi connectivity index (χ1n) is 14.6. The van der Waals surface area contributed by atoms with E-state index in [4.69, 9.17) is 45.2 Å². The Morgan fingerprint density at radius 2 is 1.22 bits per heavy atom. The van der Waals surface area contributed by atoms with Crippen molar-refractivity contribution in [1.29, 1.82) is 0 Å². The van der Waals surface area contributed by atoms with Gasteiger partial charge in [0.2, 0.25) is 0 Å². The Balaban J connectivity index is 0.00000461. The topological polar surface area (TPSA) is 129 Å². The van der Waals surface area contributed by atoms with Crippen molar-refractivity contribution >= 4 is 81.6 Å². The van der Waals surface area contributed by atoms with Gasteiger partial charge in [-0.2, -0.15) is 25.3 Å². The molecular formula is C34H36FeN4O4S2. The minimum atomic E-state index is -0.895. The van der Waals surface area contributed by atoms with Gasteiger partial charge >= 0.3 is 29.0 Å². The average molecular weight is 685 g/mol. The normalized spacial score (nSPS) is 14.4. The van der Waals surface area contributed by atoms with E-state index in [0.717, 1.165) is 67.0 Å². The van der Waals surface area contributed by atoms with Gasteiger partial charge in [0.15, 0.2) is 0 Å². The molecule has 8 bridgehead atoms. The fourth-order valence-corrected chi connectivity index (χ4v) is 6.80. The number of allylic oxidation sites excluding steroid dienone is 3. The minimum Gasteiger partial charge on any atom is -0.657 e. The van der Waals surface area contributed by atoms with E-state index in [-0.39, 0.29) is 40.4 Å². The van der Waals surface area contributed by atoms with Crippen molar-refractivity contribution in [3.8, 4) is 0 Å². The van der Waals surface area contributed by atoms with E-state index >= 15 is 0 Å². The Bertz CT molecular complexity index is 1940. The number of aryl methyl sites for hydroxylation is 3. The molecule has 0 saturated heterocycles. The Morgan fingerprint density at radius 1 is 0.711 bits per heavy atom. The van der Waals surface area contributed by atoms with Crippen molar-refractivity contribution < 1.29 is 36.9 Å². The van der Waals surface area contributed by atoms with Crippen molar-refractivity contribution in [2.75, 3.05) is 0 Å². The molecule has 45 heavy (non-hydrogen) atoms. The van der Waals surface area contributed by atoms with E-state index in [9.17, 15) is 19.8 Å². The number of aromatic nitrogens is 4. The second kappa shape index (κ2) is 13.6. The number of carboxylic acid groups (broad SMARTS) is 2. The summed E-state index contributed by atoms with van der Waals surface area (Å²) in [5.41, 5.74) is 13.1. The largest absolute Gasteiger partial charge is 2.00 e. The van der Waals surface area contributed by atoms with Crippen molar-refractivity contribution in [2.24, 2.45) is 0 Å². The number of nitrogens with zero attached hydrogens (tertiary/aromatic N) is 4. The number of carbonyl (C=O) groups is 2. The van der Waals surface area contributed by atoms with Crippen molar-refractivity contribution in [1.82, 2.24) is 19.9 Å². The van der Waals surface area contributed by atoms with Crippen LogP contribution in [0.1, 0.15) is 97.2 Å². The van der Waals surface area contributed by atoms with Crippen LogP contribution in [0.15, 0.2) is 24.3 Å². The second-order valence-corrected chi connectivity index (χ2v) is 13.1. The number of hydrogen-bond acceptors (Lipinski definition) is 6. The summed E-state index contributed by atoms with van der Waals surface area (Å²) in [6.45, 7) is 12.0. The molecule has 3 aromatic rings.